The summed E-state index contributed by atoms with van der Waals surface area (Å²) in [7, 11) is 0. The number of hydrogen-bond acceptors (Lipinski definition) is 4. The van der Waals surface area contributed by atoms with E-state index in [0.717, 1.165) is 29.7 Å². The smallest absolute Gasteiger partial charge is 0.345 e. The average molecular weight is 326 g/mol. The van der Waals surface area contributed by atoms with Gasteiger partial charge >= 0.3 is 6.18 Å². The molecule has 0 radical (unpaired) electrons. The van der Waals surface area contributed by atoms with E-state index in [9.17, 15) is 13.2 Å². The van der Waals surface area contributed by atoms with Gasteiger partial charge in [-0.2, -0.15) is 13.2 Å². The van der Waals surface area contributed by atoms with Crippen molar-refractivity contribution in [2.24, 2.45) is 5.73 Å². The number of hydrogen-bond donors (Lipinski definition) is 2. The molecule has 1 aliphatic carbocycles. The Morgan fingerprint density at radius 2 is 2.04 bits per heavy atom. The van der Waals surface area contributed by atoms with E-state index in [1.165, 1.54) is 0 Å². The molecule has 0 aliphatic heterocycles. The Labute approximate surface area is 129 Å². The van der Waals surface area contributed by atoms with Gasteiger partial charge in [0.25, 0.3) is 0 Å². The van der Waals surface area contributed by atoms with Crippen molar-refractivity contribution in [1.29, 1.82) is 0 Å². The van der Waals surface area contributed by atoms with Crippen molar-refractivity contribution in [3.05, 3.63) is 24.8 Å². The van der Waals surface area contributed by atoms with Crippen LogP contribution in [0.2, 0.25) is 0 Å². The Morgan fingerprint density at radius 3 is 2.74 bits per heavy atom. The number of alkyl halides is 3. The second-order valence-corrected chi connectivity index (χ2v) is 5.89. The first-order valence-corrected chi connectivity index (χ1v) is 7.34. The summed E-state index contributed by atoms with van der Waals surface area (Å²) in [6, 6.07) is 1.94. The van der Waals surface area contributed by atoms with Crippen LogP contribution < -0.4 is 5.73 Å². The molecular weight excluding hydrogens is 309 g/mol. The van der Waals surface area contributed by atoms with Crippen molar-refractivity contribution in [3.8, 4) is 0 Å². The van der Waals surface area contributed by atoms with E-state index in [2.05, 4.69) is 20.2 Å². The molecule has 0 atom stereocenters. The Balaban J connectivity index is 0.000000137. The van der Waals surface area contributed by atoms with Crippen LogP contribution in [-0.2, 0) is 0 Å². The van der Waals surface area contributed by atoms with E-state index >= 15 is 0 Å². The number of rotatable bonds is 1. The molecule has 0 aromatic carbocycles. The minimum Gasteiger partial charge on any atom is -0.345 e. The number of halogens is 3. The summed E-state index contributed by atoms with van der Waals surface area (Å²) in [4.78, 5) is 7.18. The quantitative estimate of drug-likeness (QED) is 0.720. The second-order valence-electron chi connectivity index (χ2n) is 5.89. The maximum atomic E-state index is 11.9. The van der Waals surface area contributed by atoms with Crippen molar-refractivity contribution in [2.75, 3.05) is 0 Å². The summed E-state index contributed by atoms with van der Waals surface area (Å²) < 4.78 is 37.5. The number of nitrogens with zero attached hydrogens (tertiary/aromatic N) is 4. The fourth-order valence-electron chi connectivity index (χ4n) is 2.95. The zero-order valence-electron chi connectivity index (χ0n) is 12.3. The Hall–Kier alpha value is -2.16. The van der Waals surface area contributed by atoms with Crippen LogP contribution in [0.3, 0.4) is 0 Å². The van der Waals surface area contributed by atoms with Crippen molar-refractivity contribution >= 4 is 16.8 Å². The van der Waals surface area contributed by atoms with Gasteiger partial charge in [0.15, 0.2) is 11.3 Å². The number of aromatic nitrogens is 5. The highest BCUT2D eigenvalue weighted by Gasteiger charge is 2.41. The van der Waals surface area contributed by atoms with Crippen molar-refractivity contribution in [1.82, 2.24) is 24.6 Å². The van der Waals surface area contributed by atoms with Gasteiger partial charge in [-0.1, -0.05) is 12.8 Å². The lowest BCUT2D eigenvalue weighted by atomic mass is 9.95. The minimum absolute atomic E-state index is 0.520. The van der Waals surface area contributed by atoms with Gasteiger partial charge in [-0.3, -0.25) is 4.40 Å². The number of H-pyrrole nitrogens is 1. The van der Waals surface area contributed by atoms with E-state index in [0.29, 0.717) is 12.8 Å². The fourth-order valence-corrected chi connectivity index (χ4v) is 2.95. The van der Waals surface area contributed by atoms with Crippen molar-refractivity contribution in [2.45, 2.75) is 43.8 Å². The molecule has 0 saturated heterocycles. The van der Waals surface area contributed by atoms with Crippen LogP contribution in [0.4, 0.5) is 13.2 Å². The first-order chi connectivity index (χ1) is 10.9. The molecule has 9 heteroatoms. The summed E-state index contributed by atoms with van der Waals surface area (Å²) in [6.45, 7) is 0. The van der Waals surface area contributed by atoms with Crippen LogP contribution in [0.15, 0.2) is 24.8 Å². The maximum Gasteiger partial charge on any atom is 0.390 e. The second kappa shape index (κ2) is 5.80. The highest BCUT2D eigenvalue weighted by atomic mass is 19.4. The summed E-state index contributed by atoms with van der Waals surface area (Å²) in [6.07, 6.45) is 3.01. The van der Waals surface area contributed by atoms with Crippen LogP contribution in [0.5, 0.6) is 0 Å². The molecule has 1 fully saturated rings. The van der Waals surface area contributed by atoms with E-state index < -0.39 is 18.1 Å². The number of nitrogens with one attached hydrogen (secondary N) is 1. The SMILES string of the molecule is NC1(CC(F)(F)F)CCCC1.c1cc2c(ncc3nncn32)[nH]1. The molecule has 3 heterocycles. The first-order valence-electron chi connectivity index (χ1n) is 7.34. The molecule has 4 rings (SSSR count). The summed E-state index contributed by atoms with van der Waals surface area (Å²) in [5.74, 6) is 0. The van der Waals surface area contributed by atoms with E-state index in [4.69, 9.17) is 5.73 Å². The molecule has 124 valence electrons. The van der Waals surface area contributed by atoms with Crippen LogP contribution >= 0.6 is 0 Å². The molecule has 3 aromatic rings. The molecule has 3 N–H and O–H groups in total. The standard InChI is InChI=1S/C7H12F3N.C7H5N5/c8-7(9,10)5-6(11)3-1-2-4-6;1-2-8-7-5(1)12-4-10-11-6(12)3-9-7/h1-5,11H2;1-4,8H. The van der Waals surface area contributed by atoms with Gasteiger partial charge in [0.05, 0.1) is 18.1 Å². The third kappa shape index (κ3) is 3.61. The summed E-state index contributed by atoms with van der Waals surface area (Å²) >= 11 is 0. The van der Waals surface area contributed by atoms with Crippen LogP contribution in [-0.4, -0.2) is 36.3 Å². The van der Waals surface area contributed by atoms with Gasteiger partial charge in [0.1, 0.15) is 6.33 Å². The lowest BCUT2D eigenvalue weighted by Crippen LogP contribution is -2.40. The molecule has 3 aromatic heterocycles. The molecule has 0 spiro atoms. The molecule has 0 bridgehead atoms. The van der Waals surface area contributed by atoms with Gasteiger partial charge in [-0.25, -0.2) is 4.98 Å². The van der Waals surface area contributed by atoms with Gasteiger partial charge in [0.2, 0.25) is 0 Å². The highest BCUT2D eigenvalue weighted by molar-refractivity contribution is 5.73. The predicted octanol–water partition coefficient (Wildman–Crippen LogP) is 2.82. The number of nitrogens with two attached hydrogens (primary N) is 1. The van der Waals surface area contributed by atoms with Crippen LogP contribution in [0.25, 0.3) is 16.8 Å². The number of fused-ring (bicyclic) bond motifs is 3. The van der Waals surface area contributed by atoms with Gasteiger partial charge < -0.3 is 10.7 Å². The predicted molar refractivity (Wildman–Crippen MR) is 78.7 cm³/mol. The first kappa shape index (κ1) is 15.7. The molecule has 0 unspecified atom stereocenters. The zero-order valence-corrected chi connectivity index (χ0v) is 12.3. The number of aromatic amines is 1. The fraction of sp³-hybridized carbons (Fsp3) is 0.500. The molecule has 0 amide bonds. The Kier molecular flexibility index (Phi) is 3.97. The van der Waals surface area contributed by atoms with Crippen LogP contribution in [0, 0.1) is 0 Å². The lowest BCUT2D eigenvalue weighted by molar-refractivity contribution is -0.146. The Bertz CT molecular complexity index is 735. The topological polar surface area (TPSA) is 84.9 Å². The minimum atomic E-state index is -4.10. The molecule has 1 saturated carbocycles. The van der Waals surface area contributed by atoms with E-state index in [1.54, 1.807) is 12.5 Å². The monoisotopic (exact) mass is 326 g/mol. The third-order valence-corrected chi connectivity index (χ3v) is 4.00. The normalized spacial score (nSPS) is 17.4. The average Bonchev–Trinajstić information content (AvgIpc) is 3.14. The third-order valence-electron chi connectivity index (χ3n) is 4.00. The van der Waals surface area contributed by atoms with E-state index in [-0.39, 0.29) is 0 Å². The van der Waals surface area contributed by atoms with Crippen molar-refractivity contribution in [3.63, 3.8) is 0 Å². The van der Waals surface area contributed by atoms with Crippen molar-refractivity contribution < 1.29 is 13.2 Å². The molecule has 1 aliphatic rings. The highest BCUT2D eigenvalue weighted by Crippen LogP contribution is 2.36. The van der Waals surface area contributed by atoms with Crippen LogP contribution in [0.1, 0.15) is 32.1 Å². The molecule has 6 nitrogen and oxygen atoms in total. The maximum absolute atomic E-state index is 11.9. The summed E-state index contributed by atoms with van der Waals surface area (Å²) in [5, 5.41) is 7.68. The molecule has 23 heavy (non-hydrogen) atoms. The van der Waals surface area contributed by atoms with Gasteiger partial charge in [-0.15, -0.1) is 10.2 Å². The lowest BCUT2D eigenvalue weighted by Gasteiger charge is -2.24. The molecular formula is C14H17F3N6. The van der Waals surface area contributed by atoms with E-state index in [1.807, 2.05) is 16.7 Å². The van der Waals surface area contributed by atoms with Gasteiger partial charge in [0, 0.05) is 11.7 Å². The Morgan fingerprint density at radius 1 is 1.30 bits per heavy atom. The summed E-state index contributed by atoms with van der Waals surface area (Å²) in [5.41, 5.74) is 7.19. The zero-order chi connectivity index (χ0) is 16.5. The van der Waals surface area contributed by atoms with Gasteiger partial charge in [-0.05, 0) is 18.9 Å². The largest absolute Gasteiger partial charge is 0.390 e.